The highest BCUT2D eigenvalue weighted by atomic mass is 19.1. The highest BCUT2D eigenvalue weighted by Gasteiger charge is 2.12. The maximum atomic E-state index is 13.5. The molecule has 1 nitrogen and oxygen atoms in total. The van der Waals surface area contributed by atoms with Gasteiger partial charge in [-0.15, -0.1) is 0 Å². The molecule has 0 radical (unpaired) electrons. The van der Waals surface area contributed by atoms with Gasteiger partial charge >= 0.3 is 0 Å². The second-order valence-electron chi connectivity index (χ2n) is 3.75. The number of rotatable bonds is 5. The summed E-state index contributed by atoms with van der Waals surface area (Å²) >= 11 is 0. The molecule has 0 unspecified atom stereocenters. The zero-order valence-electron chi connectivity index (χ0n) is 9.76. The molecular formula is C13H17F2N. The van der Waals surface area contributed by atoms with E-state index in [2.05, 4.69) is 4.98 Å². The first-order chi connectivity index (χ1) is 7.70. The average molecular weight is 225 g/mol. The van der Waals surface area contributed by atoms with E-state index in [0.29, 0.717) is 6.42 Å². The number of unbranched alkanes of at least 4 members (excludes halogenated alkanes) is 1. The lowest BCUT2D eigenvalue weighted by Gasteiger charge is -2.08. The van der Waals surface area contributed by atoms with Gasteiger partial charge < -0.3 is 0 Å². The highest BCUT2D eigenvalue weighted by Crippen LogP contribution is 2.25. The molecule has 0 atom stereocenters. The van der Waals surface area contributed by atoms with Crippen LogP contribution in [0.15, 0.2) is 18.5 Å². The molecule has 0 aliphatic carbocycles. The van der Waals surface area contributed by atoms with Crippen molar-refractivity contribution in [3.63, 3.8) is 0 Å². The zero-order chi connectivity index (χ0) is 12.0. The molecule has 1 aromatic rings. The third kappa shape index (κ3) is 3.12. The van der Waals surface area contributed by atoms with E-state index in [4.69, 9.17) is 0 Å². The largest absolute Gasteiger partial charge is 0.259 e. The SMILES string of the molecule is CCC/C=C(\CCC)c1c(F)cncc1F. The van der Waals surface area contributed by atoms with Gasteiger partial charge in [0.25, 0.3) is 0 Å². The zero-order valence-corrected chi connectivity index (χ0v) is 9.76. The molecule has 88 valence electrons. The number of hydrogen-bond donors (Lipinski definition) is 0. The molecule has 1 aromatic heterocycles. The van der Waals surface area contributed by atoms with Crippen LogP contribution in [-0.2, 0) is 0 Å². The number of pyridine rings is 1. The molecule has 0 fully saturated rings. The minimum atomic E-state index is -0.573. The lowest BCUT2D eigenvalue weighted by Crippen LogP contribution is -1.97. The van der Waals surface area contributed by atoms with Crippen LogP contribution in [0, 0.1) is 11.6 Å². The van der Waals surface area contributed by atoms with Crippen LogP contribution in [0.1, 0.15) is 45.1 Å². The lowest BCUT2D eigenvalue weighted by molar-refractivity contribution is 0.565. The molecule has 0 spiro atoms. The Balaban J connectivity index is 3.10. The van der Waals surface area contributed by atoms with Crippen molar-refractivity contribution in [3.8, 4) is 0 Å². The van der Waals surface area contributed by atoms with E-state index in [0.717, 1.165) is 37.2 Å². The summed E-state index contributed by atoms with van der Waals surface area (Å²) in [6.07, 6.45) is 7.43. The monoisotopic (exact) mass is 225 g/mol. The molecule has 0 saturated carbocycles. The summed E-state index contributed by atoms with van der Waals surface area (Å²) in [5.74, 6) is -1.15. The van der Waals surface area contributed by atoms with Crippen LogP contribution < -0.4 is 0 Å². The Hall–Kier alpha value is -1.25. The summed E-state index contributed by atoms with van der Waals surface area (Å²) in [5, 5.41) is 0. The van der Waals surface area contributed by atoms with Crippen LogP contribution in [0.25, 0.3) is 5.57 Å². The van der Waals surface area contributed by atoms with E-state index in [1.807, 2.05) is 19.9 Å². The summed E-state index contributed by atoms with van der Waals surface area (Å²) in [6.45, 7) is 4.04. The maximum absolute atomic E-state index is 13.5. The summed E-state index contributed by atoms with van der Waals surface area (Å²) in [7, 11) is 0. The fourth-order valence-corrected chi connectivity index (χ4v) is 1.64. The Labute approximate surface area is 95.2 Å². The minimum absolute atomic E-state index is 0.0882. The topological polar surface area (TPSA) is 12.9 Å². The molecule has 0 saturated heterocycles. The molecule has 0 bridgehead atoms. The van der Waals surface area contributed by atoms with Gasteiger partial charge in [0.15, 0.2) is 11.6 Å². The first-order valence-electron chi connectivity index (χ1n) is 5.69. The molecular weight excluding hydrogens is 208 g/mol. The summed E-state index contributed by atoms with van der Waals surface area (Å²) in [5.41, 5.74) is 0.840. The van der Waals surface area contributed by atoms with Gasteiger partial charge in [-0.1, -0.05) is 32.8 Å². The van der Waals surface area contributed by atoms with Crippen molar-refractivity contribution in [2.45, 2.75) is 39.5 Å². The van der Waals surface area contributed by atoms with Crippen molar-refractivity contribution in [3.05, 3.63) is 35.7 Å². The van der Waals surface area contributed by atoms with E-state index in [9.17, 15) is 8.78 Å². The maximum Gasteiger partial charge on any atom is 0.151 e. The van der Waals surface area contributed by atoms with Crippen molar-refractivity contribution < 1.29 is 8.78 Å². The Kier molecular flexibility index (Phi) is 5.09. The third-order valence-electron chi connectivity index (χ3n) is 2.37. The Morgan fingerprint density at radius 1 is 1.19 bits per heavy atom. The quantitative estimate of drug-likeness (QED) is 0.726. The molecule has 0 aliphatic heterocycles. The van der Waals surface area contributed by atoms with E-state index in [-0.39, 0.29) is 5.56 Å². The van der Waals surface area contributed by atoms with Crippen molar-refractivity contribution in [2.75, 3.05) is 0 Å². The first kappa shape index (κ1) is 12.8. The smallest absolute Gasteiger partial charge is 0.151 e. The van der Waals surface area contributed by atoms with Gasteiger partial charge in [-0.3, -0.25) is 4.98 Å². The normalized spacial score (nSPS) is 11.9. The predicted octanol–water partition coefficient (Wildman–Crippen LogP) is 4.34. The number of allylic oxidation sites excluding steroid dienone is 2. The van der Waals surface area contributed by atoms with Gasteiger partial charge in [0.1, 0.15) is 0 Å². The van der Waals surface area contributed by atoms with E-state index in [1.165, 1.54) is 0 Å². The minimum Gasteiger partial charge on any atom is -0.259 e. The molecule has 1 heterocycles. The van der Waals surface area contributed by atoms with Gasteiger partial charge in [-0.25, -0.2) is 8.78 Å². The molecule has 1 rings (SSSR count). The van der Waals surface area contributed by atoms with Crippen LogP contribution in [0.5, 0.6) is 0 Å². The van der Waals surface area contributed by atoms with Gasteiger partial charge in [0, 0.05) is 0 Å². The fraction of sp³-hybridized carbons (Fsp3) is 0.462. The molecule has 3 heteroatoms. The molecule has 0 aliphatic rings. The molecule has 0 N–H and O–H groups in total. The number of nitrogens with zero attached hydrogens (tertiary/aromatic N) is 1. The Morgan fingerprint density at radius 3 is 2.31 bits per heavy atom. The lowest BCUT2D eigenvalue weighted by atomic mass is 10.00. The second kappa shape index (κ2) is 6.36. The Morgan fingerprint density at radius 2 is 1.81 bits per heavy atom. The average Bonchev–Trinajstić information content (AvgIpc) is 2.25. The van der Waals surface area contributed by atoms with Crippen LogP contribution in [-0.4, -0.2) is 4.98 Å². The Bertz CT molecular complexity index is 352. The predicted molar refractivity (Wildman–Crippen MR) is 61.9 cm³/mol. The molecule has 0 amide bonds. The van der Waals surface area contributed by atoms with E-state index < -0.39 is 11.6 Å². The summed E-state index contributed by atoms with van der Waals surface area (Å²) in [4.78, 5) is 3.49. The van der Waals surface area contributed by atoms with E-state index >= 15 is 0 Å². The third-order valence-corrected chi connectivity index (χ3v) is 2.37. The summed E-state index contributed by atoms with van der Waals surface area (Å²) < 4.78 is 27.0. The van der Waals surface area contributed by atoms with Crippen molar-refractivity contribution in [2.24, 2.45) is 0 Å². The fourth-order valence-electron chi connectivity index (χ4n) is 1.64. The van der Waals surface area contributed by atoms with E-state index in [1.54, 1.807) is 0 Å². The van der Waals surface area contributed by atoms with Crippen LogP contribution in [0.3, 0.4) is 0 Å². The van der Waals surface area contributed by atoms with Crippen LogP contribution >= 0.6 is 0 Å². The van der Waals surface area contributed by atoms with Gasteiger partial charge in [0.2, 0.25) is 0 Å². The second-order valence-corrected chi connectivity index (χ2v) is 3.75. The van der Waals surface area contributed by atoms with Crippen molar-refractivity contribution >= 4 is 5.57 Å². The standard InChI is InChI=1S/C13H17F2N/c1-3-5-7-10(6-4-2)13-11(14)8-16-9-12(13)15/h7-9H,3-6H2,1-2H3/b10-7+. The number of aromatic nitrogens is 1. The van der Waals surface area contributed by atoms with Crippen molar-refractivity contribution in [1.82, 2.24) is 4.98 Å². The highest BCUT2D eigenvalue weighted by molar-refractivity contribution is 5.66. The molecule has 0 aromatic carbocycles. The van der Waals surface area contributed by atoms with Gasteiger partial charge in [0.05, 0.1) is 18.0 Å². The van der Waals surface area contributed by atoms with Crippen LogP contribution in [0.2, 0.25) is 0 Å². The van der Waals surface area contributed by atoms with Crippen LogP contribution in [0.4, 0.5) is 8.78 Å². The van der Waals surface area contributed by atoms with Crippen molar-refractivity contribution in [1.29, 1.82) is 0 Å². The first-order valence-corrected chi connectivity index (χ1v) is 5.69. The molecule has 16 heavy (non-hydrogen) atoms. The number of halogens is 2. The number of hydrogen-bond acceptors (Lipinski definition) is 1. The van der Waals surface area contributed by atoms with Gasteiger partial charge in [-0.2, -0.15) is 0 Å². The summed E-state index contributed by atoms with van der Waals surface area (Å²) in [6, 6.07) is 0. The van der Waals surface area contributed by atoms with Gasteiger partial charge in [-0.05, 0) is 18.4 Å².